The van der Waals surface area contributed by atoms with Gasteiger partial charge >= 0.3 is 0 Å². The van der Waals surface area contributed by atoms with Crippen LogP contribution in [0.2, 0.25) is 0 Å². The molecule has 0 aliphatic rings. The Kier molecular flexibility index (Phi) is 4.47. The number of thiophene rings is 1. The fourth-order valence-electron chi connectivity index (χ4n) is 1.75. The Morgan fingerprint density at radius 3 is 2.11 bits per heavy atom. The summed E-state index contributed by atoms with van der Waals surface area (Å²) in [7, 11) is 4.89. The van der Waals surface area contributed by atoms with Gasteiger partial charge in [0.05, 0.1) is 26.9 Å². The summed E-state index contributed by atoms with van der Waals surface area (Å²) in [6, 6.07) is 7.77. The van der Waals surface area contributed by atoms with Gasteiger partial charge in [-0.2, -0.15) is 0 Å². The van der Waals surface area contributed by atoms with Gasteiger partial charge in [-0.1, -0.05) is 6.07 Å². The first-order chi connectivity index (χ1) is 9.28. The van der Waals surface area contributed by atoms with Crippen molar-refractivity contribution in [2.24, 2.45) is 0 Å². The van der Waals surface area contributed by atoms with Gasteiger partial charge in [-0.05, 0) is 23.6 Å². The maximum atomic E-state index is 5.39. The van der Waals surface area contributed by atoms with E-state index in [4.69, 9.17) is 14.2 Å². The smallest absolute Gasteiger partial charge is 0.133 e. The van der Waals surface area contributed by atoms with Crippen molar-refractivity contribution >= 4 is 23.5 Å². The van der Waals surface area contributed by atoms with Gasteiger partial charge in [-0.15, -0.1) is 11.3 Å². The van der Waals surface area contributed by atoms with Crippen LogP contribution in [-0.4, -0.2) is 21.3 Å². The Labute approximate surface area is 117 Å². The van der Waals surface area contributed by atoms with E-state index in [-0.39, 0.29) is 0 Å². The third-order valence-corrected chi connectivity index (χ3v) is 3.55. The van der Waals surface area contributed by atoms with Crippen molar-refractivity contribution in [2.45, 2.75) is 0 Å². The Bertz CT molecular complexity index is 534. The molecule has 0 bridgehead atoms. The predicted octanol–water partition coefficient (Wildman–Crippen LogP) is 3.94. The number of benzene rings is 1. The molecular weight excluding hydrogens is 260 g/mol. The number of hydrogen-bond donors (Lipinski definition) is 0. The summed E-state index contributed by atoms with van der Waals surface area (Å²) in [5.41, 5.74) is 0.902. The molecule has 0 aliphatic carbocycles. The molecule has 0 fully saturated rings. The second kappa shape index (κ2) is 6.29. The predicted molar refractivity (Wildman–Crippen MR) is 79.3 cm³/mol. The lowest BCUT2D eigenvalue weighted by atomic mass is 10.1. The largest absolute Gasteiger partial charge is 0.496 e. The molecule has 2 aromatic rings. The molecule has 0 saturated heterocycles. The lowest BCUT2D eigenvalue weighted by molar-refractivity contribution is 0.374. The molecule has 100 valence electrons. The molecule has 0 amide bonds. The average molecular weight is 276 g/mol. The molecule has 19 heavy (non-hydrogen) atoms. The second-order valence-electron chi connectivity index (χ2n) is 3.79. The molecular formula is C15H16O3S. The molecule has 0 atom stereocenters. The van der Waals surface area contributed by atoms with Crippen LogP contribution in [0.3, 0.4) is 0 Å². The standard InChI is InChI=1S/C15H16O3S/c1-16-11-9-14(17-2)13(15(10-11)18-3)7-6-12-5-4-8-19-12/h4-10H,1-3H3. The highest BCUT2D eigenvalue weighted by Crippen LogP contribution is 2.35. The molecule has 0 radical (unpaired) electrons. The van der Waals surface area contributed by atoms with Crippen molar-refractivity contribution in [1.29, 1.82) is 0 Å². The van der Waals surface area contributed by atoms with Gasteiger partial charge in [0.15, 0.2) is 0 Å². The van der Waals surface area contributed by atoms with E-state index in [0.717, 1.165) is 17.1 Å². The van der Waals surface area contributed by atoms with Gasteiger partial charge in [0.25, 0.3) is 0 Å². The highest BCUT2D eigenvalue weighted by atomic mass is 32.1. The van der Waals surface area contributed by atoms with E-state index < -0.39 is 0 Å². The molecule has 3 nitrogen and oxygen atoms in total. The van der Waals surface area contributed by atoms with Crippen molar-refractivity contribution in [3.8, 4) is 17.2 Å². The summed E-state index contributed by atoms with van der Waals surface area (Å²) in [4.78, 5) is 1.18. The Balaban J connectivity index is 2.42. The van der Waals surface area contributed by atoms with Crippen LogP contribution in [0.5, 0.6) is 17.2 Å². The van der Waals surface area contributed by atoms with Gasteiger partial charge in [0.2, 0.25) is 0 Å². The normalized spacial score (nSPS) is 10.7. The monoisotopic (exact) mass is 276 g/mol. The zero-order valence-corrected chi connectivity index (χ0v) is 12.0. The van der Waals surface area contributed by atoms with E-state index in [9.17, 15) is 0 Å². The fraction of sp³-hybridized carbons (Fsp3) is 0.200. The van der Waals surface area contributed by atoms with Gasteiger partial charge in [-0.25, -0.2) is 0 Å². The summed E-state index contributed by atoms with van der Waals surface area (Å²) < 4.78 is 16.0. The van der Waals surface area contributed by atoms with Gasteiger partial charge in [0.1, 0.15) is 17.2 Å². The first kappa shape index (κ1) is 13.5. The van der Waals surface area contributed by atoms with Crippen LogP contribution in [0.1, 0.15) is 10.4 Å². The number of hydrogen-bond acceptors (Lipinski definition) is 4. The molecule has 0 N–H and O–H groups in total. The van der Waals surface area contributed by atoms with Crippen LogP contribution in [0.4, 0.5) is 0 Å². The third kappa shape index (κ3) is 3.09. The van der Waals surface area contributed by atoms with E-state index in [2.05, 4.69) is 6.07 Å². The zero-order chi connectivity index (χ0) is 13.7. The van der Waals surface area contributed by atoms with E-state index in [1.165, 1.54) is 4.88 Å². The molecule has 1 aromatic heterocycles. The maximum Gasteiger partial charge on any atom is 0.133 e. The first-order valence-electron chi connectivity index (χ1n) is 5.80. The van der Waals surface area contributed by atoms with Crippen LogP contribution in [0, 0.1) is 0 Å². The van der Waals surface area contributed by atoms with E-state index in [1.807, 2.05) is 35.7 Å². The van der Waals surface area contributed by atoms with Crippen molar-refractivity contribution in [3.05, 3.63) is 40.1 Å². The van der Waals surface area contributed by atoms with E-state index in [0.29, 0.717) is 5.75 Å². The molecule has 2 rings (SSSR count). The highest BCUT2D eigenvalue weighted by molar-refractivity contribution is 7.10. The van der Waals surface area contributed by atoms with Crippen molar-refractivity contribution in [1.82, 2.24) is 0 Å². The summed E-state index contributed by atoms with van der Waals surface area (Å²) in [5.74, 6) is 2.16. The van der Waals surface area contributed by atoms with Crippen molar-refractivity contribution in [2.75, 3.05) is 21.3 Å². The van der Waals surface area contributed by atoms with Crippen molar-refractivity contribution in [3.63, 3.8) is 0 Å². The summed E-state index contributed by atoms with van der Waals surface area (Å²) in [6.07, 6.45) is 4.03. The molecule has 4 heteroatoms. The molecule has 0 unspecified atom stereocenters. The average Bonchev–Trinajstić information content (AvgIpc) is 2.97. The third-order valence-electron chi connectivity index (χ3n) is 2.71. The molecule has 1 aromatic carbocycles. The van der Waals surface area contributed by atoms with E-state index in [1.54, 1.807) is 32.7 Å². The van der Waals surface area contributed by atoms with Crippen LogP contribution in [-0.2, 0) is 0 Å². The minimum Gasteiger partial charge on any atom is -0.496 e. The van der Waals surface area contributed by atoms with Crippen LogP contribution in [0.25, 0.3) is 12.2 Å². The van der Waals surface area contributed by atoms with E-state index >= 15 is 0 Å². The van der Waals surface area contributed by atoms with Gasteiger partial charge in [-0.3, -0.25) is 0 Å². The Morgan fingerprint density at radius 1 is 0.947 bits per heavy atom. The summed E-state index contributed by atoms with van der Waals surface area (Å²) in [5, 5.41) is 2.04. The first-order valence-corrected chi connectivity index (χ1v) is 6.68. The Hall–Kier alpha value is -1.94. The molecule has 0 spiro atoms. The topological polar surface area (TPSA) is 27.7 Å². The fourth-order valence-corrected chi connectivity index (χ4v) is 2.37. The number of rotatable bonds is 5. The van der Waals surface area contributed by atoms with Crippen LogP contribution >= 0.6 is 11.3 Å². The second-order valence-corrected chi connectivity index (χ2v) is 4.77. The van der Waals surface area contributed by atoms with Gasteiger partial charge in [0, 0.05) is 17.0 Å². The van der Waals surface area contributed by atoms with Crippen LogP contribution in [0.15, 0.2) is 29.6 Å². The summed E-state index contributed by atoms with van der Waals surface area (Å²) >= 11 is 1.68. The van der Waals surface area contributed by atoms with Gasteiger partial charge < -0.3 is 14.2 Å². The number of methoxy groups -OCH3 is 3. The maximum absolute atomic E-state index is 5.39. The number of ether oxygens (including phenoxy) is 3. The minimum absolute atomic E-state index is 0.710. The summed E-state index contributed by atoms with van der Waals surface area (Å²) in [6.45, 7) is 0. The van der Waals surface area contributed by atoms with Crippen LogP contribution < -0.4 is 14.2 Å². The SMILES string of the molecule is COc1cc(OC)c(C=Cc2cccs2)c(OC)c1. The quantitative estimate of drug-likeness (QED) is 0.827. The minimum atomic E-state index is 0.710. The lowest BCUT2D eigenvalue weighted by Crippen LogP contribution is -1.94. The molecule has 0 aliphatic heterocycles. The van der Waals surface area contributed by atoms with Crippen molar-refractivity contribution < 1.29 is 14.2 Å². The lowest BCUT2D eigenvalue weighted by Gasteiger charge is -2.12. The highest BCUT2D eigenvalue weighted by Gasteiger charge is 2.10. The Morgan fingerprint density at radius 2 is 1.63 bits per heavy atom. The zero-order valence-electron chi connectivity index (χ0n) is 11.2. The molecule has 0 saturated carbocycles. The molecule has 1 heterocycles.